The van der Waals surface area contributed by atoms with Gasteiger partial charge in [-0.25, -0.2) is 9.78 Å². The van der Waals surface area contributed by atoms with Crippen molar-refractivity contribution >= 4 is 51.4 Å². The SMILES string of the molecule is COc1ccccc1NC(=O)Cc1csc(NC(=O)Nc2ccc(Cl)cc2)n1. The quantitative estimate of drug-likeness (QED) is 0.546. The number of methoxy groups -OCH3 is 1. The molecule has 1 heterocycles. The Bertz CT molecular complexity index is 975. The molecule has 0 unspecified atom stereocenters. The number of nitrogens with zero attached hydrogens (tertiary/aromatic N) is 1. The highest BCUT2D eigenvalue weighted by atomic mass is 35.5. The molecule has 3 rings (SSSR count). The van der Waals surface area contributed by atoms with Gasteiger partial charge in [0, 0.05) is 16.1 Å². The molecule has 9 heteroatoms. The highest BCUT2D eigenvalue weighted by molar-refractivity contribution is 7.14. The van der Waals surface area contributed by atoms with Crippen LogP contribution in [0.2, 0.25) is 5.02 Å². The lowest BCUT2D eigenvalue weighted by Crippen LogP contribution is -2.19. The molecule has 0 aliphatic rings. The van der Waals surface area contributed by atoms with Gasteiger partial charge >= 0.3 is 6.03 Å². The number of urea groups is 1. The topological polar surface area (TPSA) is 92.4 Å². The van der Waals surface area contributed by atoms with Crippen molar-refractivity contribution < 1.29 is 14.3 Å². The van der Waals surface area contributed by atoms with E-state index < -0.39 is 6.03 Å². The second-order valence-corrected chi connectivity index (χ2v) is 6.95. The van der Waals surface area contributed by atoms with E-state index in [1.54, 1.807) is 48.9 Å². The van der Waals surface area contributed by atoms with Crippen LogP contribution in [0, 0.1) is 0 Å². The maximum Gasteiger partial charge on any atom is 0.325 e. The lowest BCUT2D eigenvalue weighted by Gasteiger charge is -2.09. The van der Waals surface area contributed by atoms with Gasteiger partial charge in [0.25, 0.3) is 0 Å². The zero-order chi connectivity index (χ0) is 19.9. The van der Waals surface area contributed by atoms with Crippen LogP contribution in [0.25, 0.3) is 0 Å². The van der Waals surface area contributed by atoms with Crippen LogP contribution in [0.15, 0.2) is 53.9 Å². The van der Waals surface area contributed by atoms with E-state index in [-0.39, 0.29) is 12.3 Å². The minimum Gasteiger partial charge on any atom is -0.495 e. The summed E-state index contributed by atoms with van der Waals surface area (Å²) in [5.41, 5.74) is 1.75. The standard InChI is InChI=1S/C19H17ClN4O3S/c1-27-16-5-3-2-4-15(16)23-17(25)10-14-11-28-19(22-14)24-18(26)21-13-8-6-12(20)7-9-13/h2-9,11H,10H2,1H3,(H,23,25)(H2,21,22,24,26). The summed E-state index contributed by atoms with van der Waals surface area (Å²) in [5.74, 6) is 0.349. The van der Waals surface area contributed by atoms with Crippen molar-refractivity contribution in [2.75, 3.05) is 23.1 Å². The van der Waals surface area contributed by atoms with Gasteiger partial charge < -0.3 is 15.4 Å². The molecule has 3 amide bonds. The third-order valence-electron chi connectivity index (χ3n) is 3.60. The van der Waals surface area contributed by atoms with Crippen molar-refractivity contribution in [3.8, 4) is 5.75 Å². The number of para-hydroxylation sites is 2. The Morgan fingerprint density at radius 3 is 2.57 bits per heavy atom. The Kier molecular flexibility index (Phi) is 6.46. The summed E-state index contributed by atoms with van der Waals surface area (Å²) >= 11 is 7.05. The van der Waals surface area contributed by atoms with E-state index >= 15 is 0 Å². The van der Waals surface area contributed by atoms with E-state index in [0.717, 1.165) is 0 Å². The monoisotopic (exact) mass is 416 g/mol. The Labute approximate surface area is 170 Å². The fraction of sp³-hybridized carbons (Fsp3) is 0.105. The Balaban J connectivity index is 1.54. The molecule has 28 heavy (non-hydrogen) atoms. The molecule has 0 saturated heterocycles. The van der Waals surface area contributed by atoms with Gasteiger partial charge in [0.15, 0.2) is 5.13 Å². The van der Waals surface area contributed by atoms with Gasteiger partial charge in [-0.05, 0) is 36.4 Å². The minimum absolute atomic E-state index is 0.0784. The van der Waals surface area contributed by atoms with E-state index in [0.29, 0.717) is 33.0 Å². The molecule has 0 spiro atoms. The number of thiazole rings is 1. The highest BCUT2D eigenvalue weighted by Gasteiger charge is 2.12. The maximum absolute atomic E-state index is 12.2. The van der Waals surface area contributed by atoms with Crippen molar-refractivity contribution in [1.82, 2.24) is 4.98 Å². The average Bonchev–Trinajstić information content (AvgIpc) is 3.10. The van der Waals surface area contributed by atoms with Crippen molar-refractivity contribution in [2.45, 2.75) is 6.42 Å². The first-order chi connectivity index (χ1) is 13.5. The molecular formula is C19H17ClN4O3S. The largest absolute Gasteiger partial charge is 0.495 e. The summed E-state index contributed by atoms with van der Waals surface area (Å²) < 4.78 is 5.21. The van der Waals surface area contributed by atoms with Crippen LogP contribution in [0.1, 0.15) is 5.69 Å². The van der Waals surface area contributed by atoms with Crippen molar-refractivity contribution in [3.05, 3.63) is 64.6 Å². The average molecular weight is 417 g/mol. The molecule has 7 nitrogen and oxygen atoms in total. The number of rotatable bonds is 6. The van der Waals surface area contributed by atoms with E-state index in [4.69, 9.17) is 16.3 Å². The summed E-state index contributed by atoms with van der Waals surface area (Å²) in [7, 11) is 1.54. The fourth-order valence-electron chi connectivity index (χ4n) is 2.35. The van der Waals surface area contributed by atoms with Crippen molar-refractivity contribution in [3.63, 3.8) is 0 Å². The van der Waals surface area contributed by atoms with Gasteiger partial charge in [-0.3, -0.25) is 10.1 Å². The molecule has 0 aliphatic heterocycles. The lowest BCUT2D eigenvalue weighted by atomic mass is 10.2. The lowest BCUT2D eigenvalue weighted by molar-refractivity contribution is -0.115. The number of ether oxygens (including phenoxy) is 1. The molecule has 0 aliphatic carbocycles. The van der Waals surface area contributed by atoms with Gasteiger partial charge in [0.1, 0.15) is 5.75 Å². The molecule has 1 aromatic heterocycles. The number of carbonyl (C=O) groups is 2. The predicted molar refractivity (Wildman–Crippen MR) is 112 cm³/mol. The van der Waals surface area contributed by atoms with Crippen LogP contribution in [0.3, 0.4) is 0 Å². The first-order valence-corrected chi connectivity index (χ1v) is 9.50. The Hall–Kier alpha value is -3.10. The molecule has 0 radical (unpaired) electrons. The van der Waals surface area contributed by atoms with Gasteiger partial charge in [-0.2, -0.15) is 0 Å². The number of aromatic nitrogens is 1. The number of amides is 3. The van der Waals surface area contributed by atoms with E-state index in [1.165, 1.54) is 11.3 Å². The van der Waals surface area contributed by atoms with Crippen LogP contribution >= 0.6 is 22.9 Å². The summed E-state index contributed by atoms with van der Waals surface area (Å²) in [6.07, 6.45) is 0.0784. The zero-order valence-corrected chi connectivity index (χ0v) is 16.4. The predicted octanol–water partition coefficient (Wildman–Crippen LogP) is 4.63. The van der Waals surface area contributed by atoms with Crippen molar-refractivity contribution in [1.29, 1.82) is 0 Å². The van der Waals surface area contributed by atoms with E-state index in [1.807, 2.05) is 12.1 Å². The first-order valence-electron chi connectivity index (χ1n) is 8.24. The third-order valence-corrected chi connectivity index (χ3v) is 4.66. The van der Waals surface area contributed by atoms with Crippen LogP contribution in [-0.2, 0) is 11.2 Å². The highest BCUT2D eigenvalue weighted by Crippen LogP contribution is 2.23. The van der Waals surface area contributed by atoms with Gasteiger partial charge in [-0.15, -0.1) is 11.3 Å². The summed E-state index contributed by atoms with van der Waals surface area (Å²) in [4.78, 5) is 28.5. The van der Waals surface area contributed by atoms with Gasteiger partial charge in [0.2, 0.25) is 5.91 Å². The normalized spacial score (nSPS) is 10.2. The summed E-state index contributed by atoms with van der Waals surface area (Å²) in [6, 6.07) is 13.5. The number of benzene rings is 2. The van der Waals surface area contributed by atoms with Gasteiger partial charge in [0.05, 0.1) is 24.9 Å². The molecule has 144 valence electrons. The summed E-state index contributed by atoms with van der Waals surface area (Å²) in [6.45, 7) is 0. The molecule has 0 atom stereocenters. The first kappa shape index (κ1) is 19.7. The second kappa shape index (κ2) is 9.20. The summed E-state index contributed by atoms with van der Waals surface area (Å²) in [5, 5.41) is 10.8. The molecular weight excluding hydrogens is 400 g/mol. The number of halogens is 1. The van der Waals surface area contributed by atoms with Crippen LogP contribution in [0.5, 0.6) is 5.75 Å². The molecule has 2 aromatic carbocycles. The molecule has 3 N–H and O–H groups in total. The third kappa shape index (κ3) is 5.45. The van der Waals surface area contributed by atoms with E-state index in [9.17, 15) is 9.59 Å². The van der Waals surface area contributed by atoms with Crippen LogP contribution in [0.4, 0.5) is 21.3 Å². The maximum atomic E-state index is 12.2. The smallest absolute Gasteiger partial charge is 0.325 e. The van der Waals surface area contributed by atoms with Gasteiger partial charge in [-0.1, -0.05) is 23.7 Å². The van der Waals surface area contributed by atoms with Crippen LogP contribution in [-0.4, -0.2) is 24.0 Å². The van der Waals surface area contributed by atoms with Crippen LogP contribution < -0.4 is 20.7 Å². The molecule has 0 fully saturated rings. The minimum atomic E-state index is -0.429. The molecule has 0 bridgehead atoms. The Morgan fingerprint density at radius 1 is 1.07 bits per heavy atom. The number of hydrogen-bond acceptors (Lipinski definition) is 5. The number of carbonyl (C=O) groups excluding carboxylic acids is 2. The fourth-order valence-corrected chi connectivity index (χ4v) is 3.18. The Morgan fingerprint density at radius 2 is 1.82 bits per heavy atom. The number of nitrogens with one attached hydrogen (secondary N) is 3. The molecule has 3 aromatic rings. The number of anilines is 3. The zero-order valence-electron chi connectivity index (χ0n) is 14.9. The number of hydrogen-bond donors (Lipinski definition) is 3. The van der Waals surface area contributed by atoms with E-state index in [2.05, 4.69) is 20.9 Å². The molecule has 0 saturated carbocycles. The van der Waals surface area contributed by atoms with Crippen molar-refractivity contribution in [2.24, 2.45) is 0 Å². The second-order valence-electron chi connectivity index (χ2n) is 5.66.